The molecule has 6 N–H and O–H groups in total. The third kappa shape index (κ3) is 19.4. The van der Waals surface area contributed by atoms with Gasteiger partial charge in [-0.3, -0.25) is 14.4 Å². The van der Waals surface area contributed by atoms with Crippen LogP contribution in [0, 0.1) is 81.4 Å². The highest BCUT2D eigenvalue weighted by Crippen LogP contribution is 2.35. The molecule has 99 heavy (non-hydrogen) atoms. The van der Waals surface area contributed by atoms with Crippen molar-refractivity contribution in [1.29, 1.82) is 15.8 Å². The van der Waals surface area contributed by atoms with Gasteiger partial charge in [0.05, 0.1) is 74.2 Å². The molecule has 0 unspecified atom stereocenters. The summed E-state index contributed by atoms with van der Waals surface area (Å²) in [6.07, 6.45) is 0.815. The van der Waals surface area contributed by atoms with E-state index in [0.29, 0.717) is 57.4 Å². The molecule has 18 heteroatoms. The van der Waals surface area contributed by atoms with Gasteiger partial charge < -0.3 is 46.0 Å². The van der Waals surface area contributed by atoms with Crippen molar-refractivity contribution in [1.82, 2.24) is 0 Å². The minimum atomic E-state index is -1.69. The molecule has 0 aromatic heterocycles. The summed E-state index contributed by atoms with van der Waals surface area (Å²) < 4.78 is 0. The number of benzene rings is 9. The lowest BCUT2D eigenvalue weighted by Crippen LogP contribution is -2.50. The number of hydrogen-bond acceptors (Lipinski definition) is 12. The number of anilines is 6. The number of nitrogens with zero attached hydrogens (tertiary/aromatic N) is 9. The van der Waals surface area contributed by atoms with E-state index < -0.39 is 34.5 Å². The maximum absolute atomic E-state index is 13.0. The lowest BCUT2D eigenvalue weighted by Gasteiger charge is -2.32. The predicted octanol–water partition coefficient (Wildman–Crippen LogP) is 15.8. The van der Waals surface area contributed by atoms with Crippen molar-refractivity contribution in [3.63, 3.8) is 0 Å². The minimum Gasteiger partial charge on any atom is -0.378 e. The highest BCUT2D eigenvalue weighted by Gasteiger charge is 2.35. The normalized spacial score (nSPS) is 12.2. The largest absolute Gasteiger partial charge is 0.378 e. The third-order valence-corrected chi connectivity index (χ3v) is 16.4. The third-order valence-electron chi connectivity index (χ3n) is 16.4. The number of aryl methyl sites for hydroxylation is 4. The van der Waals surface area contributed by atoms with Gasteiger partial charge in [-0.2, -0.15) is 15.8 Å². The first-order valence-electron chi connectivity index (χ1n) is 31.7. The van der Waals surface area contributed by atoms with Crippen molar-refractivity contribution in [2.75, 3.05) is 70.9 Å². The second-order valence-electron chi connectivity index (χ2n) is 24.8. The minimum absolute atomic E-state index is 0.0314. The van der Waals surface area contributed by atoms with Crippen LogP contribution in [0.2, 0.25) is 0 Å². The van der Waals surface area contributed by atoms with Crippen LogP contribution in [0.4, 0.5) is 51.2 Å². The lowest BCUT2D eigenvalue weighted by atomic mass is 9.98. The fourth-order valence-electron chi connectivity index (χ4n) is 10.9. The first-order valence-corrected chi connectivity index (χ1v) is 31.7. The molecule has 0 bridgehead atoms. The number of carbonyl (C=O) groups is 3. The van der Waals surface area contributed by atoms with Gasteiger partial charge in [-0.25, -0.2) is 14.5 Å². The van der Waals surface area contributed by atoms with Crippen LogP contribution in [0.25, 0.3) is 47.9 Å². The van der Waals surface area contributed by atoms with Crippen molar-refractivity contribution in [3.05, 3.63) is 267 Å². The molecule has 0 aliphatic rings. The number of aliphatic hydroxyl groups is 3. The SMILES string of the molecule is [C-]#[N+]c1ccc(NC(=O)[C@@](C)(O)CN(C)c2ccc(C#N)c(-c3ccc(C)cc3)c2)cc1C.[C-]#[N+]c1ccc(NC(=O)[C@@](C)(O)CN(C)c2ccc(C#N)cc2-c2ccccc2)cc1C.[C-]#[N+]c1ccc(NC(=O)[C@@](C)(O)CN(CCC)c2ccc(C#N)c(-c3ccccc3)c2)cc1C. The van der Waals surface area contributed by atoms with E-state index >= 15 is 0 Å². The van der Waals surface area contributed by atoms with Gasteiger partial charge in [-0.1, -0.05) is 116 Å². The van der Waals surface area contributed by atoms with Gasteiger partial charge in [0.2, 0.25) is 0 Å². The van der Waals surface area contributed by atoms with Crippen molar-refractivity contribution in [2.24, 2.45) is 0 Å². The highest BCUT2D eigenvalue weighted by atomic mass is 16.3. The number of carbonyl (C=O) groups excluding carboxylic acids is 3. The average Bonchev–Trinajstić information content (AvgIpc) is 0.828. The van der Waals surface area contributed by atoms with E-state index in [-0.39, 0.29) is 19.6 Å². The molecule has 0 fully saturated rings. The van der Waals surface area contributed by atoms with Crippen LogP contribution in [-0.2, 0) is 14.4 Å². The lowest BCUT2D eigenvalue weighted by molar-refractivity contribution is -0.132. The number of rotatable bonds is 20. The average molecular weight is 1320 g/mol. The molecule has 9 aromatic rings. The number of amides is 3. The van der Waals surface area contributed by atoms with E-state index in [1.165, 1.54) is 20.8 Å². The van der Waals surface area contributed by atoms with E-state index in [2.05, 4.69) is 48.7 Å². The predicted molar refractivity (Wildman–Crippen MR) is 394 cm³/mol. The van der Waals surface area contributed by atoms with Gasteiger partial charge in [-0.05, 0) is 179 Å². The van der Waals surface area contributed by atoms with Crippen molar-refractivity contribution >= 4 is 68.9 Å². The topological polar surface area (TPSA) is 242 Å². The molecule has 0 heterocycles. The maximum Gasteiger partial charge on any atom is 0.257 e. The Morgan fingerprint density at radius 2 is 0.848 bits per heavy atom. The number of nitrogens with one attached hydrogen (secondary N) is 3. The summed E-state index contributed by atoms with van der Waals surface area (Å²) in [5.41, 5.74) is 10.7. The molecule has 9 rings (SSSR count). The molecule has 3 amide bonds. The van der Waals surface area contributed by atoms with Crippen LogP contribution in [0.5, 0.6) is 0 Å². The molecule has 0 radical (unpaired) electrons. The smallest absolute Gasteiger partial charge is 0.257 e. The molecule has 3 atom stereocenters. The van der Waals surface area contributed by atoms with Crippen LogP contribution in [0.1, 0.15) is 73.1 Å². The summed E-state index contributed by atoms with van der Waals surface area (Å²) in [6, 6.07) is 65.3. The number of hydrogen-bond donors (Lipinski definition) is 6. The van der Waals surface area contributed by atoms with Gasteiger partial charge in [0, 0.05) is 71.5 Å². The molecular formula is C81H78N12O6. The summed E-state index contributed by atoms with van der Waals surface area (Å²) >= 11 is 0. The second kappa shape index (κ2) is 33.3. The number of likely N-dealkylation sites (N-methyl/N-ethyl adjacent to an activating group) is 2. The molecule has 9 aromatic carbocycles. The zero-order chi connectivity index (χ0) is 72.2. The first-order chi connectivity index (χ1) is 47.2. The first kappa shape index (κ1) is 74.0. The molecule has 0 aliphatic carbocycles. The van der Waals surface area contributed by atoms with E-state index in [9.17, 15) is 45.5 Å². The van der Waals surface area contributed by atoms with Crippen LogP contribution in [0.3, 0.4) is 0 Å². The quantitative estimate of drug-likeness (QED) is 0.0391. The van der Waals surface area contributed by atoms with Gasteiger partial charge in [0.15, 0.2) is 33.9 Å². The molecule has 0 saturated carbocycles. The molecule has 498 valence electrons. The Labute approximate surface area is 580 Å². The Morgan fingerprint density at radius 3 is 1.25 bits per heavy atom. The maximum atomic E-state index is 13.0. The van der Waals surface area contributed by atoms with E-state index in [1.54, 1.807) is 130 Å². The van der Waals surface area contributed by atoms with Gasteiger partial charge in [0.1, 0.15) is 0 Å². The summed E-state index contributed by atoms with van der Waals surface area (Å²) in [5, 5.41) is 69.7. The van der Waals surface area contributed by atoms with Crippen molar-refractivity contribution in [2.45, 2.75) is 78.6 Å². The molecule has 0 saturated heterocycles. The molecule has 0 aliphatic heterocycles. The van der Waals surface area contributed by atoms with Gasteiger partial charge in [-0.15, -0.1) is 0 Å². The Kier molecular flexibility index (Phi) is 24.9. The monoisotopic (exact) mass is 1310 g/mol. The Balaban J connectivity index is 0.000000209. The zero-order valence-corrected chi connectivity index (χ0v) is 57.1. The molecular weight excluding hydrogens is 1240 g/mol. The Morgan fingerprint density at radius 1 is 0.455 bits per heavy atom. The standard InChI is InChI=1S/C28H28N4O2.C27H26N4O2.C26H24N4O2/c1-5-15-32(24-13-11-22(18-29)25(17-24)21-9-7-6-8-10-21)19-28(3,34)27(33)31-23-12-14-26(30-4)20(2)16-23;1-18-6-8-20(9-7-18)24-15-23(12-10-21(24)16-28)31(5)17-27(3,33)26(32)30-22-11-13-25(29-4)19(2)14-22;1-18-14-21(11-12-23(18)28-3)29-25(31)26(2,32)17-30(4)24-13-10-19(16-27)15-22(24)20-8-6-5-7-9-20/h6-14,16-17,34H,5,15,19H2,1-3H3,(H,31,33);6-15,33H,17H2,1-3,5H3,(H,30,32);5-15,32H,17H2,1-2,4H3,(H,29,31)/t28-;27-;26-/m000/s1. The Bertz CT molecular complexity index is 4680. The summed E-state index contributed by atoms with van der Waals surface area (Å²) in [6.45, 7) is 36.1. The van der Waals surface area contributed by atoms with E-state index in [0.717, 1.165) is 79.1 Å². The Hall–Kier alpha value is -12.4. The molecule has 18 nitrogen and oxygen atoms in total. The van der Waals surface area contributed by atoms with Gasteiger partial charge >= 0.3 is 0 Å². The van der Waals surface area contributed by atoms with Crippen LogP contribution >= 0.6 is 0 Å². The van der Waals surface area contributed by atoms with Gasteiger partial charge in [0.25, 0.3) is 17.7 Å². The fourth-order valence-corrected chi connectivity index (χ4v) is 10.9. The zero-order valence-electron chi connectivity index (χ0n) is 57.1. The summed E-state index contributed by atoms with van der Waals surface area (Å²) in [4.78, 5) is 54.4. The summed E-state index contributed by atoms with van der Waals surface area (Å²) in [5.74, 6) is -1.62. The highest BCUT2D eigenvalue weighted by molar-refractivity contribution is 5.99. The number of nitriles is 3. The second-order valence-corrected chi connectivity index (χ2v) is 24.8. The molecule has 0 spiro atoms. The van der Waals surface area contributed by atoms with Crippen molar-refractivity contribution < 1.29 is 29.7 Å². The van der Waals surface area contributed by atoms with Crippen LogP contribution in [0.15, 0.2) is 194 Å². The fraction of sp³-hybridized carbons (Fsp3) is 0.222. The van der Waals surface area contributed by atoms with E-state index in [1.807, 2.05) is 128 Å². The van der Waals surface area contributed by atoms with Crippen molar-refractivity contribution in [3.8, 4) is 51.6 Å². The summed E-state index contributed by atoms with van der Waals surface area (Å²) in [7, 11) is 3.58. The van der Waals surface area contributed by atoms with Crippen LogP contribution in [-0.4, -0.2) is 90.1 Å². The van der Waals surface area contributed by atoms with Crippen LogP contribution < -0.4 is 30.7 Å². The van der Waals surface area contributed by atoms with E-state index in [4.69, 9.17) is 19.7 Å².